The number of nitrogens with zero attached hydrogens (tertiary/aromatic N) is 1. The van der Waals surface area contributed by atoms with Gasteiger partial charge in [0, 0.05) is 11.6 Å². The molecule has 2 aliphatic rings. The molecule has 0 bridgehead atoms. The van der Waals surface area contributed by atoms with Crippen LogP contribution in [-0.4, -0.2) is 53.7 Å². The zero-order chi connectivity index (χ0) is 20.1. The first-order chi connectivity index (χ1) is 13.4. The highest BCUT2D eigenvalue weighted by Gasteiger charge is 2.38. The molecule has 3 unspecified atom stereocenters. The number of hydrogen-bond acceptors (Lipinski definition) is 4. The van der Waals surface area contributed by atoms with E-state index >= 15 is 0 Å². The van der Waals surface area contributed by atoms with Gasteiger partial charge in [-0.3, -0.25) is 4.79 Å². The second-order valence-corrected chi connectivity index (χ2v) is 9.83. The lowest BCUT2D eigenvalue weighted by Gasteiger charge is -2.44. The van der Waals surface area contributed by atoms with Crippen LogP contribution < -0.4 is 10.1 Å². The molecule has 3 atom stereocenters. The Morgan fingerprint density at radius 2 is 1.89 bits per heavy atom. The van der Waals surface area contributed by atoms with Crippen LogP contribution in [0.5, 0.6) is 5.75 Å². The summed E-state index contributed by atoms with van der Waals surface area (Å²) in [5, 5.41) is 2.71. The fourth-order valence-corrected chi connectivity index (χ4v) is 4.51. The van der Waals surface area contributed by atoms with E-state index in [1.165, 1.54) is 19.3 Å². The van der Waals surface area contributed by atoms with Gasteiger partial charge in [0.25, 0.3) is 5.91 Å². The third-order valence-electron chi connectivity index (χ3n) is 5.62. The molecule has 1 N–H and O–H groups in total. The molecule has 0 aromatic heterocycles. The number of fused-ring (bicyclic) bond motifs is 1. The summed E-state index contributed by atoms with van der Waals surface area (Å²) in [4.78, 5) is 15.1. The minimum absolute atomic E-state index is 0.359. The van der Waals surface area contributed by atoms with Crippen LogP contribution in [0.4, 0.5) is 0 Å². The molecule has 28 heavy (non-hydrogen) atoms. The van der Waals surface area contributed by atoms with Crippen molar-refractivity contribution in [3.05, 3.63) is 29.8 Å². The van der Waals surface area contributed by atoms with Crippen molar-refractivity contribution in [1.82, 2.24) is 10.2 Å². The number of carbonyl (C=O) groups is 1. The minimum Gasteiger partial charge on any atom is -0.497 e. The van der Waals surface area contributed by atoms with Crippen LogP contribution in [-0.2, 0) is 4.74 Å². The van der Waals surface area contributed by atoms with Gasteiger partial charge in [-0.1, -0.05) is 41.2 Å². The largest absolute Gasteiger partial charge is 0.497 e. The fourth-order valence-electron chi connectivity index (χ4n) is 4.15. The summed E-state index contributed by atoms with van der Waals surface area (Å²) in [5.74, 6) is 0.698. The van der Waals surface area contributed by atoms with Crippen LogP contribution in [0, 0.1) is 5.92 Å². The maximum absolute atomic E-state index is 12.6. The summed E-state index contributed by atoms with van der Waals surface area (Å²) in [6.07, 6.45) is 4.93. The van der Waals surface area contributed by atoms with Crippen molar-refractivity contribution in [1.29, 1.82) is 0 Å². The molecular weight excluding hydrogens is 423 g/mol. The summed E-state index contributed by atoms with van der Waals surface area (Å²) < 4.78 is 9.30. The number of benzene rings is 1. The van der Waals surface area contributed by atoms with E-state index < -0.39 is 10.0 Å². The number of ether oxygens (including phenoxy) is 2. The molecule has 156 valence electrons. The quantitative estimate of drug-likeness (QED) is 0.516. The van der Waals surface area contributed by atoms with Gasteiger partial charge in [-0.25, -0.2) is 0 Å². The monoisotopic (exact) mass is 448 g/mol. The van der Waals surface area contributed by atoms with E-state index in [4.69, 9.17) is 44.3 Å². The molecule has 2 aliphatic heterocycles. The molecule has 0 radical (unpaired) electrons. The molecule has 1 amide bonds. The number of rotatable bonds is 6. The van der Waals surface area contributed by atoms with Gasteiger partial charge in [0.15, 0.2) is 6.23 Å². The van der Waals surface area contributed by atoms with Gasteiger partial charge in [-0.05, 0) is 69.0 Å². The van der Waals surface area contributed by atoms with Gasteiger partial charge in [-0.15, -0.1) is 0 Å². The van der Waals surface area contributed by atoms with Gasteiger partial charge in [0.1, 0.15) is 5.75 Å². The van der Waals surface area contributed by atoms with Crippen molar-refractivity contribution in [2.75, 3.05) is 26.8 Å². The van der Waals surface area contributed by atoms with E-state index in [0.29, 0.717) is 29.9 Å². The molecule has 8 heteroatoms. The summed E-state index contributed by atoms with van der Waals surface area (Å²) in [6, 6.07) is 7.25. The molecule has 1 aromatic rings. The van der Waals surface area contributed by atoms with Crippen LogP contribution >= 0.6 is 34.8 Å². The average Bonchev–Trinajstić information content (AvgIpc) is 2.70. The standard InChI is InChI=1S/C20H27Cl3N2O3/c1-27-16-9-7-14(8-10-16)18(26)24-19(20(21,22)23)28-13-15-5-4-12-25-11-3-2-6-17(15)25/h7-10,15,17,19H,2-6,11-13H2,1H3,(H,24,26). The Bertz CT molecular complexity index is 649. The number of amides is 1. The number of halogens is 3. The summed E-state index contributed by atoms with van der Waals surface area (Å²) in [7, 11) is 1.57. The van der Waals surface area contributed by atoms with Crippen LogP contribution in [0.2, 0.25) is 0 Å². The Morgan fingerprint density at radius 1 is 1.18 bits per heavy atom. The van der Waals surface area contributed by atoms with Gasteiger partial charge in [0.2, 0.25) is 3.79 Å². The second-order valence-electron chi connectivity index (χ2n) is 7.46. The minimum atomic E-state index is -1.76. The smallest absolute Gasteiger partial charge is 0.253 e. The van der Waals surface area contributed by atoms with Gasteiger partial charge in [-0.2, -0.15) is 0 Å². The lowest BCUT2D eigenvalue weighted by molar-refractivity contribution is -0.0325. The van der Waals surface area contributed by atoms with Crippen molar-refractivity contribution < 1.29 is 14.3 Å². The van der Waals surface area contributed by atoms with E-state index in [9.17, 15) is 4.79 Å². The zero-order valence-corrected chi connectivity index (χ0v) is 18.3. The number of methoxy groups -OCH3 is 1. The topological polar surface area (TPSA) is 50.8 Å². The Labute approximate surface area is 181 Å². The van der Waals surface area contributed by atoms with Crippen LogP contribution in [0.15, 0.2) is 24.3 Å². The van der Waals surface area contributed by atoms with Gasteiger partial charge >= 0.3 is 0 Å². The molecule has 2 fully saturated rings. The normalized spacial score (nSPS) is 24.3. The number of carbonyl (C=O) groups excluding carboxylic acids is 1. The summed E-state index contributed by atoms with van der Waals surface area (Å²) >= 11 is 18.3. The SMILES string of the molecule is COc1ccc(C(=O)NC(OCC2CCCN3CCCCC23)C(Cl)(Cl)Cl)cc1. The van der Waals surface area contributed by atoms with Crippen molar-refractivity contribution in [2.24, 2.45) is 5.92 Å². The van der Waals surface area contributed by atoms with Gasteiger partial charge < -0.3 is 19.7 Å². The molecule has 0 aliphatic carbocycles. The van der Waals surface area contributed by atoms with Crippen molar-refractivity contribution in [3.8, 4) is 5.75 Å². The second kappa shape index (κ2) is 9.86. The van der Waals surface area contributed by atoms with E-state index in [1.807, 2.05) is 0 Å². The zero-order valence-electron chi connectivity index (χ0n) is 16.0. The van der Waals surface area contributed by atoms with Crippen molar-refractivity contribution in [3.63, 3.8) is 0 Å². The molecule has 3 rings (SSSR count). The third-order valence-corrected chi connectivity index (χ3v) is 6.21. The predicted octanol–water partition coefficient (Wildman–Crippen LogP) is 4.40. The fraction of sp³-hybridized carbons (Fsp3) is 0.650. The maximum atomic E-state index is 12.6. The van der Waals surface area contributed by atoms with Gasteiger partial charge in [0.05, 0.1) is 13.7 Å². The average molecular weight is 450 g/mol. The Balaban J connectivity index is 1.61. The third kappa shape index (κ3) is 5.67. The highest BCUT2D eigenvalue weighted by Crippen LogP contribution is 2.34. The van der Waals surface area contributed by atoms with E-state index in [2.05, 4.69) is 10.2 Å². The molecule has 5 nitrogen and oxygen atoms in total. The molecule has 1 aromatic carbocycles. The highest BCUT2D eigenvalue weighted by atomic mass is 35.6. The first kappa shape index (κ1) is 22.0. The predicted molar refractivity (Wildman–Crippen MR) is 112 cm³/mol. The van der Waals surface area contributed by atoms with E-state index in [1.54, 1.807) is 31.4 Å². The molecule has 2 heterocycles. The first-order valence-electron chi connectivity index (χ1n) is 9.76. The first-order valence-corrected chi connectivity index (χ1v) is 10.9. The van der Waals surface area contributed by atoms with Crippen molar-refractivity contribution >= 4 is 40.7 Å². The molecule has 0 saturated carbocycles. The van der Waals surface area contributed by atoms with Crippen molar-refractivity contribution in [2.45, 2.75) is 48.2 Å². The summed E-state index contributed by atoms with van der Waals surface area (Å²) in [6.45, 7) is 2.77. The van der Waals surface area contributed by atoms with E-state index in [-0.39, 0.29) is 5.91 Å². The molecule has 2 saturated heterocycles. The molecular formula is C20H27Cl3N2O3. The Hall–Kier alpha value is -0.720. The number of piperidine rings is 2. The molecule has 0 spiro atoms. The van der Waals surface area contributed by atoms with Crippen LogP contribution in [0.3, 0.4) is 0 Å². The highest BCUT2D eigenvalue weighted by molar-refractivity contribution is 6.68. The Kier molecular flexibility index (Phi) is 7.74. The van der Waals surface area contributed by atoms with Crippen LogP contribution in [0.1, 0.15) is 42.5 Å². The summed E-state index contributed by atoms with van der Waals surface area (Å²) in [5.41, 5.74) is 0.444. The maximum Gasteiger partial charge on any atom is 0.253 e. The number of alkyl halides is 3. The number of hydrogen-bond donors (Lipinski definition) is 1. The lowest BCUT2D eigenvalue weighted by Crippen LogP contribution is -2.51. The van der Waals surface area contributed by atoms with Crippen LogP contribution in [0.25, 0.3) is 0 Å². The van der Waals surface area contributed by atoms with E-state index in [0.717, 1.165) is 25.9 Å². The number of nitrogens with one attached hydrogen (secondary N) is 1. The Morgan fingerprint density at radius 3 is 2.57 bits per heavy atom. The lowest BCUT2D eigenvalue weighted by atomic mass is 9.84.